The highest BCUT2D eigenvalue weighted by atomic mass is 33.1. The number of aliphatic hydroxyl groups excluding tert-OH is 1. The molecule has 0 aromatic heterocycles. The lowest BCUT2D eigenvalue weighted by molar-refractivity contribution is 0.294. The second-order valence-corrected chi connectivity index (χ2v) is 4.30. The summed E-state index contributed by atoms with van der Waals surface area (Å²) in [6, 6.07) is 0. The molecule has 1 heterocycles. The van der Waals surface area contributed by atoms with E-state index in [1.807, 2.05) is 21.6 Å². The molecule has 1 aliphatic heterocycles. The third-order valence-corrected chi connectivity index (χ3v) is 3.85. The largest absolute Gasteiger partial charge is 0.395 e. The summed E-state index contributed by atoms with van der Waals surface area (Å²) in [7, 11) is 3.67. The standard InChI is InChI=1S/C4H8OS2/c5-3-4-1-2-6-7-4/h4-5H,1-3H2/t4-/m0/s1. The Kier molecular flexibility index (Phi) is 2.35. The molecule has 0 aromatic rings. The van der Waals surface area contributed by atoms with Gasteiger partial charge in [-0.25, -0.2) is 0 Å². The van der Waals surface area contributed by atoms with Crippen LogP contribution in [0.5, 0.6) is 0 Å². The van der Waals surface area contributed by atoms with Crippen molar-refractivity contribution >= 4 is 21.6 Å². The van der Waals surface area contributed by atoms with Crippen LogP contribution in [-0.2, 0) is 0 Å². The van der Waals surface area contributed by atoms with Crippen molar-refractivity contribution in [3.8, 4) is 0 Å². The molecule has 0 saturated carbocycles. The number of hydrogen-bond donors (Lipinski definition) is 1. The highest BCUT2D eigenvalue weighted by molar-refractivity contribution is 8.77. The number of aliphatic hydroxyl groups is 1. The molecule has 1 atom stereocenters. The van der Waals surface area contributed by atoms with Crippen LogP contribution in [0.1, 0.15) is 6.42 Å². The first-order valence-corrected chi connectivity index (χ1v) is 4.71. The molecular weight excluding hydrogens is 128 g/mol. The van der Waals surface area contributed by atoms with Crippen LogP contribution < -0.4 is 0 Å². The van der Waals surface area contributed by atoms with Gasteiger partial charge in [-0.2, -0.15) is 0 Å². The molecule has 0 unspecified atom stereocenters. The summed E-state index contributed by atoms with van der Waals surface area (Å²) in [5, 5.41) is 9.06. The minimum absolute atomic E-state index is 0.359. The van der Waals surface area contributed by atoms with Crippen LogP contribution in [0.25, 0.3) is 0 Å². The topological polar surface area (TPSA) is 20.2 Å². The SMILES string of the molecule is OC[C@@H]1CCSS1. The fraction of sp³-hybridized carbons (Fsp3) is 1.00. The van der Waals surface area contributed by atoms with Crippen molar-refractivity contribution in [2.24, 2.45) is 0 Å². The van der Waals surface area contributed by atoms with Gasteiger partial charge in [-0.3, -0.25) is 0 Å². The monoisotopic (exact) mass is 136 g/mol. The molecule has 1 saturated heterocycles. The van der Waals surface area contributed by atoms with Gasteiger partial charge >= 0.3 is 0 Å². The highest BCUT2D eigenvalue weighted by Gasteiger charge is 2.13. The second-order valence-electron chi connectivity index (χ2n) is 1.51. The summed E-state index contributed by atoms with van der Waals surface area (Å²) in [6.45, 7) is 0.359. The maximum Gasteiger partial charge on any atom is 0.0558 e. The fourth-order valence-electron chi connectivity index (χ4n) is 0.494. The van der Waals surface area contributed by atoms with Gasteiger partial charge in [0, 0.05) is 11.0 Å². The summed E-state index contributed by atoms with van der Waals surface area (Å²) < 4.78 is 0. The van der Waals surface area contributed by atoms with Gasteiger partial charge < -0.3 is 5.11 Å². The maximum atomic E-state index is 8.53. The molecule has 1 fully saturated rings. The Morgan fingerprint density at radius 2 is 2.57 bits per heavy atom. The van der Waals surface area contributed by atoms with Crippen LogP contribution in [-0.4, -0.2) is 22.7 Å². The van der Waals surface area contributed by atoms with Gasteiger partial charge in [0.05, 0.1) is 6.61 Å². The van der Waals surface area contributed by atoms with E-state index in [-0.39, 0.29) is 0 Å². The lowest BCUT2D eigenvalue weighted by atomic mass is 10.3. The smallest absolute Gasteiger partial charge is 0.0558 e. The minimum Gasteiger partial charge on any atom is -0.395 e. The molecular formula is C4H8OS2. The normalized spacial score (nSPS) is 31.3. The van der Waals surface area contributed by atoms with Crippen LogP contribution in [0.2, 0.25) is 0 Å². The first-order chi connectivity index (χ1) is 3.43. The number of rotatable bonds is 1. The molecule has 0 radical (unpaired) electrons. The van der Waals surface area contributed by atoms with Gasteiger partial charge in [-0.1, -0.05) is 21.6 Å². The molecule has 3 heteroatoms. The Balaban J connectivity index is 2.14. The van der Waals surface area contributed by atoms with Crippen LogP contribution in [0.15, 0.2) is 0 Å². The Labute approximate surface area is 51.3 Å². The molecule has 0 amide bonds. The van der Waals surface area contributed by atoms with Gasteiger partial charge in [0.2, 0.25) is 0 Å². The van der Waals surface area contributed by atoms with Crippen LogP contribution >= 0.6 is 21.6 Å². The lowest BCUT2D eigenvalue weighted by Crippen LogP contribution is -2.01. The molecule has 0 spiro atoms. The Morgan fingerprint density at radius 3 is 2.86 bits per heavy atom. The van der Waals surface area contributed by atoms with E-state index in [2.05, 4.69) is 0 Å². The summed E-state index contributed by atoms with van der Waals surface area (Å²) in [4.78, 5) is 0. The van der Waals surface area contributed by atoms with Crippen molar-refractivity contribution in [3.63, 3.8) is 0 Å². The quantitative estimate of drug-likeness (QED) is 0.546. The van der Waals surface area contributed by atoms with Crippen molar-refractivity contribution in [1.29, 1.82) is 0 Å². The molecule has 1 N–H and O–H groups in total. The minimum atomic E-state index is 0.359. The van der Waals surface area contributed by atoms with E-state index in [0.29, 0.717) is 11.9 Å². The first-order valence-electron chi connectivity index (χ1n) is 2.32. The molecule has 1 rings (SSSR count). The van der Waals surface area contributed by atoms with E-state index in [1.165, 1.54) is 12.2 Å². The van der Waals surface area contributed by atoms with E-state index < -0.39 is 0 Å². The van der Waals surface area contributed by atoms with Crippen molar-refractivity contribution in [1.82, 2.24) is 0 Å². The van der Waals surface area contributed by atoms with Gasteiger partial charge in [0.15, 0.2) is 0 Å². The maximum absolute atomic E-state index is 8.53. The summed E-state index contributed by atoms with van der Waals surface area (Å²) in [5.41, 5.74) is 0. The van der Waals surface area contributed by atoms with Gasteiger partial charge in [-0.15, -0.1) is 0 Å². The third-order valence-electron chi connectivity index (χ3n) is 0.931. The third kappa shape index (κ3) is 1.55. The van der Waals surface area contributed by atoms with E-state index in [0.717, 1.165) is 0 Å². The zero-order valence-electron chi connectivity index (χ0n) is 3.96. The highest BCUT2D eigenvalue weighted by Crippen LogP contribution is 2.36. The first kappa shape index (κ1) is 5.79. The van der Waals surface area contributed by atoms with Gasteiger partial charge in [0.25, 0.3) is 0 Å². The Bertz CT molecular complexity index is 51.7. The predicted molar refractivity (Wildman–Crippen MR) is 35.5 cm³/mol. The zero-order valence-corrected chi connectivity index (χ0v) is 5.60. The van der Waals surface area contributed by atoms with E-state index in [4.69, 9.17) is 5.11 Å². The molecule has 7 heavy (non-hydrogen) atoms. The van der Waals surface area contributed by atoms with Crippen LogP contribution in [0, 0.1) is 0 Å². The Hall–Kier alpha value is 0.660. The lowest BCUT2D eigenvalue weighted by Gasteiger charge is -1.96. The average Bonchev–Trinajstić information content (AvgIpc) is 2.14. The molecule has 0 bridgehead atoms. The molecule has 1 aliphatic rings. The Morgan fingerprint density at radius 1 is 1.71 bits per heavy atom. The van der Waals surface area contributed by atoms with Crippen LogP contribution in [0.4, 0.5) is 0 Å². The van der Waals surface area contributed by atoms with E-state index >= 15 is 0 Å². The zero-order chi connectivity index (χ0) is 5.11. The number of hydrogen-bond acceptors (Lipinski definition) is 3. The summed E-state index contributed by atoms with van der Waals surface area (Å²) in [5.74, 6) is 1.22. The summed E-state index contributed by atoms with van der Waals surface area (Å²) >= 11 is 0. The predicted octanol–water partition coefficient (Wildman–Crippen LogP) is 1.13. The molecule has 0 aliphatic carbocycles. The van der Waals surface area contributed by atoms with E-state index in [9.17, 15) is 0 Å². The molecule has 1 nitrogen and oxygen atoms in total. The summed E-state index contributed by atoms with van der Waals surface area (Å²) in [6.07, 6.45) is 1.19. The van der Waals surface area contributed by atoms with E-state index in [1.54, 1.807) is 0 Å². The molecule has 42 valence electrons. The van der Waals surface area contributed by atoms with Crippen molar-refractivity contribution < 1.29 is 5.11 Å². The average molecular weight is 136 g/mol. The second kappa shape index (κ2) is 2.84. The van der Waals surface area contributed by atoms with Crippen LogP contribution in [0.3, 0.4) is 0 Å². The molecule has 0 aromatic carbocycles. The van der Waals surface area contributed by atoms with Gasteiger partial charge in [0.1, 0.15) is 0 Å². The fourth-order valence-corrected chi connectivity index (χ4v) is 3.21. The van der Waals surface area contributed by atoms with Crippen molar-refractivity contribution in [2.75, 3.05) is 12.4 Å². The van der Waals surface area contributed by atoms with Crippen molar-refractivity contribution in [2.45, 2.75) is 11.7 Å². The van der Waals surface area contributed by atoms with Gasteiger partial charge in [-0.05, 0) is 6.42 Å². The van der Waals surface area contributed by atoms with Crippen molar-refractivity contribution in [3.05, 3.63) is 0 Å².